The predicted molar refractivity (Wildman–Crippen MR) is 71.7 cm³/mol. The number of rotatable bonds is 6. The van der Waals surface area contributed by atoms with Crippen LogP contribution < -0.4 is 5.32 Å². The molecule has 1 heterocycles. The summed E-state index contributed by atoms with van der Waals surface area (Å²) < 4.78 is 0. The van der Waals surface area contributed by atoms with E-state index in [1.54, 1.807) is 4.90 Å². The molecule has 5 heteroatoms. The Morgan fingerprint density at radius 3 is 2.42 bits per heavy atom. The number of amides is 1. The van der Waals surface area contributed by atoms with Crippen molar-refractivity contribution in [2.45, 2.75) is 32.6 Å². The van der Waals surface area contributed by atoms with Crippen molar-refractivity contribution in [1.82, 2.24) is 10.2 Å². The molecule has 0 spiro atoms. The monoisotopic (exact) mass is 268 g/mol. The van der Waals surface area contributed by atoms with Crippen LogP contribution in [0.1, 0.15) is 32.6 Å². The van der Waals surface area contributed by atoms with Crippen molar-refractivity contribution in [3.63, 3.8) is 0 Å². The second-order valence-electron chi connectivity index (χ2n) is 5.94. The van der Waals surface area contributed by atoms with Gasteiger partial charge in [-0.3, -0.25) is 9.59 Å². The van der Waals surface area contributed by atoms with Crippen LogP contribution in [0.3, 0.4) is 0 Å². The topological polar surface area (TPSA) is 69.6 Å². The first kappa shape index (κ1) is 14.3. The number of carbonyl (C=O) groups is 2. The number of carboxylic acids is 1. The van der Waals surface area contributed by atoms with Crippen molar-refractivity contribution in [3.05, 3.63) is 0 Å². The molecule has 0 aromatic carbocycles. The largest absolute Gasteiger partial charge is 0.481 e. The number of piperidine rings is 1. The van der Waals surface area contributed by atoms with Crippen molar-refractivity contribution in [3.8, 4) is 0 Å². The third-order valence-corrected chi connectivity index (χ3v) is 4.37. The first-order valence-electron chi connectivity index (χ1n) is 7.29. The lowest BCUT2D eigenvalue weighted by molar-refractivity contribution is -0.145. The normalized spacial score (nSPS) is 22.3. The summed E-state index contributed by atoms with van der Waals surface area (Å²) in [6, 6.07) is 0. The third-order valence-electron chi connectivity index (χ3n) is 4.37. The number of carbonyl (C=O) groups excluding carboxylic acids is 1. The van der Waals surface area contributed by atoms with E-state index >= 15 is 0 Å². The standard InChI is InChI=1S/C14H24N2O3/c1-10(11-2-3-11)8-15-9-13(17)16-6-4-12(5-7-16)14(18)19/h10-12,15H,2-9H2,1H3,(H,18,19). The van der Waals surface area contributed by atoms with Crippen LogP contribution in [0.5, 0.6) is 0 Å². The van der Waals surface area contributed by atoms with E-state index in [9.17, 15) is 9.59 Å². The van der Waals surface area contributed by atoms with Crippen molar-refractivity contribution in [2.24, 2.45) is 17.8 Å². The summed E-state index contributed by atoms with van der Waals surface area (Å²) in [6.07, 6.45) is 3.83. The van der Waals surface area contributed by atoms with Gasteiger partial charge in [-0.05, 0) is 44.1 Å². The Hall–Kier alpha value is -1.10. The lowest BCUT2D eigenvalue weighted by Crippen LogP contribution is -2.44. The van der Waals surface area contributed by atoms with Gasteiger partial charge in [0.05, 0.1) is 12.5 Å². The molecule has 1 saturated carbocycles. The summed E-state index contributed by atoms with van der Waals surface area (Å²) in [6.45, 7) is 4.68. The number of carboxylic acid groups (broad SMARTS) is 1. The van der Waals surface area contributed by atoms with E-state index in [1.165, 1.54) is 12.8 Å². The van der Waals surface area contributed by atoms with Gasteiger partial charge in [-0.2, -0.15) is 0 Å². The number of hydrogen-bond donors (Lipinski definition) is 2. The molecule has 2 N–H and O–H groups in total. The van der Waals surface area contributed by atoms with Crippen LogP contribution in [0.2, 0.25) is 0 Å². The molecule has 2 rings (SSSR count). The van der Waals surface area contributed by atoms with Gasteiger partial charge in [0, 0.05) is 13.1 Å². The van der Waals surface area contributed by atoms with E-state index in [0.717, 1.165) is 12.5 Å². The van der Waals surface area contributed by atoms with Crippen LogP contribution in [-0.2, 0) is 9.59 Å². The summed E-state index contributed by atoms with van der Waals surface area (Å²) in [7, 11) is 0. The molecule has 1 atom stereocenters. The molecule has 2 fully saturated rings. The van der Waals surface area contributed by atoms with Crippen molar-refractivity contribution >= 4 is 11.9 Å². The highest BCUT2D eigenvalue weighted by Crippen LogP contribution is 2.35. The Morgan fingerprint density at radius 2 is 1.89 bits per heavy atom. The molecule has 1 amide bonds. The van der Waals surface area contributed by atoms with E-state index in [1.807, 2.05) is 0 Å². The maximum absolute atomic E-state index is 12.0. The number of nitrogens with zero attached hydrogens (tertiary/aromatic N) is 1. The summed E-state index contributed by atoms with van der Waals surface area (Å²) >= 11 is 0. The summed E-state index contributed by atoms with van der Waals surface area (Å²) in [5, 5.41) is 12.1. The highest BCUT2D eigenvalue weighted by atomic mass is 16.4. The molecule has 1 unspecified atom stereocenters. The zero-order chi connectivity index (χ0) is 13.8. The Labute approximate surface area is 114 Å². The van der Waals surface area contributed by atoms with E-state index in [-0.39, 0.29) is 11.8 Å². The SMILES string of the molecule is CC(CNCC(=O)N1CCC(C(=O)O)CC1)C1CC1. The van der Waals surface area contributed by atoms with Crippen LogP contribution in [0.25, 0.3) is 0 Å². The minimum atomic E-state index is -0.733. The Morgan fingerprint density at radius 1 is 1.26 bits per heavy atom. The van der Waals surface area contributed by atoms with Gasteiger partial charge < -0.3 is 15.3 Å². The molecular formula is C14H24N2O3. The minimum absolute atomic E-state index is 0.104. The molecule has 108 valence electrons. The second kappa shape index (κ2) is 6.37. The van der Waals surface area contributed by atoms with Crippen LogP contribution in [0.15, 0.2) is 0 Å². The lowest BCUT2D eigenvalue weighted by Gasteiger charge is -2.30. The lowest BCUT2D eigenvalue weighted by atomic mass is 9.97. The molecular weight excluding hydrogens is 244 g/mol. The van der Waals surface area contributed by atoms with Gasteiger partial charge in [-0.1, -0.05) is 6.92 Å². The molecule has 0 bridgehead atoms. The van der Waals surface area contributed by atoms with Crippen LogP contribution in [-0.4, -0.2) is 48.1 Å². The fraction of sp³-hybridized carbons (Fsp3) is 0.857. The van der Waals surface area contributed by atoms with Crippen LogP contribution in [0.4, 0.5) is 0 Å². The molecule has 19 heavy (non-hydrogen) atoms. The van der Waals surface area contributed by atoms with Gasteiger partial charge in [0.2, 0.25) is 5.91 Å². The average molecular weight is 268 g/mol. The van der Waals surface area contributed by atoms with Gasteiger partial charge in [0.25, 0.3) is 0 Å². The summed E-state index contributed by atoms with van der Waals surface area (Å²) in [5.41, 5.74) is 0. The number of aliphatic carboxylic acids is 1. The molecule has 0 radical (unpaired) electrons. The van der Waals surface area contributed by atoms with Crippen molar-refractivity contribution in [2.75, 3.05) is 26.2 Å². The fourth-order valence-electron chi connectivity index (χ4n) is 2.73. The highest BCUT2D eigenvalue weighted by molar-refractivity contribution is 5.78. The van der Waals surface area contributed by atoms with Gasteiger partial charge >= 0.3 is 5.97 Å². The molecule has 1 aliphatic heterocycles. The first-order valence-corrected chi connectivity index (χ1v) is 7.29. The summed E-state index contributed by atoms with van der Waals surface area (Å²) in [4.78, 5) is 24.6. The Bertz CT molecular complexity index is 334. The second-order valence-corrected chi connectivity index (χ2v) is 5.94. The zero-order valence-corrected chi connectivity index (χ0v) is 11.6. The molecule has 1 saturated heterocycles. The molecule has 5 nitrogen and oxygen atoms in total. The maximum atomic E-state index is 12.0. The molecule has 0 aromatic rings. The van der Waals surface area contributed by atoms with Gasteiger partial charge in [0.15, 0.2) is 0 Å². The zero-order valence-electron chi connectivity index (χ0n) is 11.6. The van der Waals surface area contributed by atoms with Crippen molar-refractivity contribution < 1.29 is 14.7 Å². The van der Waals surface area contributed by atoms with E-state index < -0.39 is 5.97 Å². The average Bonchev–Trinajstić information content (AvgIpc) is 3.23. The van der Waals surface area contributed by atoms with Crippen LogP contribution in [0, 0.1) is 17.8 Å². The first-order chi connectivity index (χ1) is 9.08. The van der Waals surface area contributed by atoms with E-state index in [4.69, 9.17) is 5.11 Å². The Kier molecular flexibility index (Phi) is 4.80. The fourth-order valence-corrected chi connectivity index (χ4v) is 2.73. The quantitative estimate of drug-likeness (QED) is 0.752. The van der Waals surface area contributed by atoms with Crippen molar-refractivity contribution in [1.29, 1.82) is 0 Å². The molecule has 0 aromatic heterocycles. The minimum Gasteiger partial charge on any atom is -0.481 e. The number of nitrogens with one attached hydrogen (secondary N) is 1. The van der Waals surface area contributed by atoms with Gasteiger partial charge in [0.1, 0.15) is 0 Å². The number of likely N-dealkylation sites (tertiary alicyclic amines) is 1. The Balaban J connectivity index is 1.62. The molecule has 2 aliphatic rings. The summed E-state index contributed by atoms with van der Waals surface area (Å²) in [5.74, 6) is 0.613. The smallest absolute Gasteiger partial charge is 0.306 e. The maximum Gasteiger partial charge on any atom is 0.306 e. The highest BCUT2D eigenvalue weighted by Gasteiger charge is 2.28. The third kappa shape index (κ3) is 4.20. The van der Waals surface area contributed by atoms with E-state index in [0.29, 0.717) is 38.4 Å². The number of hydrogen-bond acceptors (Lipinski definition) is 3. The molecule has 1 aliphatic carbocycles. The van der Waals surface area contributed by atoms with Gasteiger partial charge in [-0.15, -0.1) is 0 Å². The predicted octanol–water partition coefficient (Wildman–Crippen LogP) is 0.945. The van der Waals surface area contributed by atoms with E-state index in [2.05, 4.69) is 12.2 Å². The van der Waals surface area contributed by atoms with Crippen LogP contribution >= 0.6 is 0 Å². The van der Waals surface area contributed by atoms with Gasteiger partial charge in [-0.25, -0.2) is 0 Å².